The molecule has 1 aromatic carbocycles. The average Bonchev–Trinajstić information content (AvgIpc) is 3.52. The maximum atomic E-state index is 12.8. The van der Waals surface area contributed by atoms with E-state index in [0.717, 1.165) is 50.3 Å². The molecule has 2 fully saturated rings. The number of ether oxygens (including phenoxy) is 1. The Hall–Kier alpha value is -3.10. The summed E-state index contributed by atoms with van der Waals surface area (Å²) in [5, 5.41) is 9.12. The Kier molecular flexibility index (Phi) is 6.20. The minimum atomic E-state index is -0.197. The second-order valence-electron chi connectivity index (χ2n) is 9.10. The van der Waals surface area contributed by atoms with Crippen LogP contribution < -0.4 is 16.0 Å². The van der Waals surface area contributed by atoms with Gasteiger partial charge >= 0.3 is 6.03 Å². The van der Waals surface area contributed by atoms with E-state index < -0.39 is 0 Å². The molecule has 3 amide bonds. The van der Waals surface area contributed by atoms with Gasteiger partial charge in [-0.1, -0.05) is 12.8 Å². The summed E-state index contributed by atoms with van der Waals surface area (Å²) in [4.78, 5) is 29.6. The third-order valence-electron chi connectivity index (χ3n) is 7.08. The number of amides is 3. The monoisotopic (exact) mass is 449 g/mol. The number of carbonyl (C=O) groups excluding carboxylic acids is 2. The lowest BCUT2D eigenvalue weighted by molar-refractivity contribution is -0.0199. The Morgan fingerprint density at radius 2 is 1.85 bits per heavy atom. The predicted molar refractivity (Wildman–Crippen MR) is 127 cm³/mol. The van der Waals surface area contributed by atoms with Crippen LogP contribution in [0.3, 0.4) is 0 Å². The van der Waals surface area contributed by atoms with Gasteiger partial charge in [0.25, 0.3) is 5.91 Å². The number of nitrogens with zero attached hydrogens (tertiary/aromatic N) is 2. The summed E-state index contributed by atoms with van der Waals surface area (Å²) in [7, 11) is 0. The van der Waals surface area contributed by atoms with E-state index in [1.165, 1.54) is 12.8 Å². The molecule has 174 valence electrons. The first-order valence-corrected chi connectivity index (χ1v) is 11.8. The van der Waals surface area contributed by atoms with Crippen LogP contribution in [0.5, 0.6) is 0 Å². The van der Waals surface area contributed by atoms with Gasteiger partial charge < -0.3 is 20.7 Å². The molecular formula is C25H31N5O3. The zero-order valence-corrected chi connectivity index (χ0v) is 18.8. The number of hydrogen-bond acceptors (Lipinski definition) is 5. The highest BCUT2D eigenvalue weighted by Gasteiger charge is 2.40. The number of benzene rings is 1. The molecule has 4 aliphatic rings. The molecule has 1 aliphatic carbocycles. The van der Waals surface area contributed by atoms with Crippen LogP contribution in [0.4, 0.5) is 10.5 Å². The first kappa shape index (κ1) is 21.7. The van der Waals surface area contributed by atoms with Gasteiger partial charge in [-0.3, -0.25) is 14.6 Å². The summed E-state index contributed by atoms with van der Waals surface area (Å²) in [6.07, 6.45) is 12.2. The van der Waals surface area contributed by atoms with Crippen molar-refractivity contribution in [2.24, 2.45) is 0 Å². The molecule has 1 aromatic rings. The van der Waals surface area contributed by atoms with Gasteiger partial charge in [0.05, 0.1) is 19.8 Å². The van der Waals surface area contributed by atoms with Crippen LogP contribution in [-0.2, 0) is 4.74 Å². The van der Waals surface area contributed by atoms with Crippen molar-refractivity contribution in [2.45, 2.75) is 31.2 Å². The summed E-state index contributed by atoms with van der Waals surface area (Å²) in [6.45, 7) is 4.59. The van der Waals surface area contributed by atoms with Crippen LogP contribution in [0.15, 0.2) is 60.1 Å². The molecule has 8 nitrogen and oxygen atoms in total. The summed E-state index contributed by atoms with van der Waals surface area (Å²) in [6, 6.07) is 6.88. The van der Waals surface area contributed by atoms with E-state index in [2.05, 4.69) is 20.9 Å². The van der Waals surface area contributed by atoms with E-state index in [1.54, 1.807) is 29.2 Å². The zero-order valence-electron chi connectivity index (χ0n) is 18.8. The SMILES string of the molecule is O=C(NCC1(N2CCOCC2)CCCC1)c1ccc(NC(=O)N2C=C3C=CNC=C3C2)cc1. The molecule has 0 radical (unpaired) electrons. The molecule has 0 atom stereocenters. The summed E-state index contributed by atoms with van der Waals surface area (Å²) < 4.78 is 5.52. The zero-order chi connectivity index (χ0) is 22.7. The van der Waals surface area contributed by atoms with Gasteiger partial charge in [0.2, 0.25) is 0 Å². The van der Waals surface area contributed by atoms with Gasteiger partial charge in [0.1, 0.15) is 0 Å². The normalized spacial score (nSPS) is 21.6. The lowest BCUT2D eigenvalue weighted by Crippen LogP contribution is -2.57. The van der Waals surface area contributed by atoms with Gasteiger partial charge in [-0.05, 0) is 54.3 Å². The molecule has 0 spiro atoms. The number of anilines is 1. The Labute approximate surface area is 194 Å². The van der Waals surface area contributed by atoms with E-state index in [0.29, 0.717) is 24.3 Å². The third-order valence-corrected chi connectivity index (χ3v) is 7.08. The molecule has 33 heavy (non-hydrogen) atoms. The van der Waals surface area contributed by atoms with E-state index in [4.69, 9.17) is 4.74 Å². The number of fused-ring (bicyclic) bond motifs is 1. The summed E-state index contributed by atoms with van der Waals surface area (Å²) in [5.74, 6) is -0.0769. The fraction of sp³-hybridized carbons (Fsp3) is 0.440. The molecule has 8 heteroatoms. The average molecular weight is 450 g/mol. The maximum absolute atomic E-state index is 12.8. The van der Waals surface area contributed by atoms with Crippen molar-refractivity contribution >= 4 is 17.6 Å². The summed E-state index contributed by atoms with van der Waals surface area (Å²) in [5.41, 5.74) is 3.42. The standard InChI is InChI=1S/C25H31N5O3/c31-23(27-18-25(8-1-2-9-25)30-11-13-33-14-12-30)19-3-5-22(6-4-19)28-24(32)29-16-20-7-10-26-15-21(20)17-29/h3-7,10,15-16,26H,1-2,8-9,11-14,17-18H2,(H,27,31)(H,28,32). The number of carbonyl (C=O) groups is 2. The molecule has 1 saturated heterocycles. The molecule has 3 N–H and O–H groups in total. The van der Waals surface area contributed by atoms with E-state index in [9.17, 15) is 9.59 Å². The molecular weight excluding hydrogens is 418 g/mol. The number of nitrogens with one attached hydrogen (secondary N) is 3. The largest absolute Gasteiger partial charge is 0.379 e. The topological polar surface area (TPSA) is 85.9 Å². The van der Waals surface area contributed by atoms with Crippen molar-refractivity contribution in [1.29, 1.82) is 0 Å². The highest BCUT2D eigenvalue weighted by Crippen LogP contribution is 2.35. The van der Waals surface area contributed by atoms with E-state index in [1.807, 2.05) is 24.7 Å². The maximum Gasteiger partial charge on any atom is 0.326 e. The summed E-state index contributed by atoms with van der Waals surface area (Å²) >= 11 is 0. The molecule has 1 saturated carbocycles. The van der Waals surface area contributed by atoms with Crippen LogP contribution in [0.2, 0.25) is 0 Å². The van der Waals surface area contributed by atoms with E-state index in [-0.39, 0.29) is 17.5 Å². The first-order chi connectivity index (χ1) is 16.1. The molecule has 0 unspecified atom stereocenters. The minimum Gasteiger partial charge on any atom is -0.379 e. The second-order valence-corrected chi connectivity index (χ2v) is 9.10. The molecule has 5 rings (SSSR count). The Morgan fingerprint density at radius 1 is 1.09 bits per heavy atom. The van der Waals surface area contributed by atoms with Gasteiger partial charge in [-0.2, -0.15) is 0 Å². The lowest BCUT2D eigenvalue weighted by atomic mass is 9.94. The number of dihydropyridines is 1. The number of allylic oxidation sites excluding steroid dienone is 1. The van der Waals surface area contributed by atoms with Crippen LogP contribution in [0.25, 0.3) is 0 Å². The fourth-order valence-corrected chi connectivity index (χ4v) is 5.19. The van der Waals surface area contributed by atoms with Crippen molar-refractivity contribution in [3.63, 3.8) is 0 Å². The van der Waals surface area contributed by atoms with Crippen molar-refractivity contribution in [2.75, 3.05) is 44.7 Å². The van der Waals surface area contributed by atoms with Crippen molar-refractivity contribution in [3.05, 3.63) is 65.7 Å². The third kappa shape index (κ3) is 4.67. The smallest absolute Gasteiger partial charge is 0.326 e. The Morgan fingerprint density at radius 3 is 2.58 bits per heavy atom. The van der Waals surface area contributed by atoms with E-state index >= 15 is 0 Å². The van der Waals surface area contributed by atoms with Crippen LogP contribution in [-0.4, -0.2) is 66.7 Å². The lowest BCUT2D eigenvalue weighted by Gasteiger charge is -2.43. The first-order valence-electron chi connectivity index (χ1n) is 11.8. The Balaban J connectivity index is 1.16. The number of rotatable bonds is 5. The molecule has 0 bridgehead atoms. The fourth-order valence-electron chi connectivity index (χ4n) is 5.19. The van der Waals surface area contributed by atoms with Gasteiger partial charge in [0, 0.05) is 55.0 Å². The second kappa shape index (κ2) is 9.41. The molecule has 3 heterocycles. The van der Waals surface area contributed by atoms with Crippen molar-refractivity contribution < 1.29 is 14.3 Å². The predicted octanol–water partition coefficient (Wildman–Crippen LogP) is 2.79. The number of hydrogen-bond donors (Lipinski definition) is 3. The molecule has 0 aromatic heterocycles. The van der Waals surface area contributed by atoms with Crippen molar-refractivity contribution in [1.82, 2.24) is 20.4 Å². The number of morpholine rings is 1. The van der Waals surface area contributed by atoms with Crippen LogP contribution >= 0.6 is 0 Å². The minimum absolute atomic E-state index is 0.0505. The van der Waals surface area contributed by atoms with Gasteiger partial charge in [0.15, 0.2) is 0 Å². The quantitative estimate of drug-likeness (QED) is 0.644. The van der Waals surface area contributed by atoms with Crippen LogP contribution in [0.1, 0.15) is 36.0 Å². The molecule has 3 aliphatic heterocycles. The van der Waals surface area contributed by atoms with Gasteiger partial charge in [-0.15, -0.1) is 0 Å². The Bertz CT molecular complexity index is 986. The highest BCUT2D eigenvalue weighted by atomic mass is 16.5. The van der Waals surface area contributed by atoms with Crippen molar-refractivity contribution in [3.8, 4) is 0 Å². The van der Waals surface area contributed by atoms with Crippen LogP contribution in [0, 0.1) is 0 Å². The van der Waals surface area contributed by atoms with Gasteiger partial charge in [-0.25, -0.2) is 4.79 Å². The highest BCUT2D eigenvalue weighted by molar-refractivity contribution is 5.96. The number of urea groups is 1.